The Hall–Kier alpha value is -1.46. The number of Topliss-reactive ketones (excluding diaryl/α,β-unsaturated/α-hetero) is 1. The first kappa shape index (κ1) is 13.0. The van der Waals surface area contributed by atoms with Gasteiger partial charge in [0, 0.05) is 4.47 Å². The van der Waals surface area contributed by atoms with Gasteiger partial charge in [-0.1, -0.05) is 22.0 Å². The maximum absolute atomic E-state index is 11.6. The highest BCUT2D eigenvalue weighted by Crippen LogP contribution is 2.12. The molecule has 1 heterocycles. The molecule has 2 aromatic rings. The quantitative estimate of drug-likeness (QED) is 0.638. The smallest absolute Gasteiger partial charge is 0.338 e. The third-order valence-corrected chi connectivity index (χ3v) is 3.65. The van der Waals surface area contributed by atoms with Gasteiger partial charge in [0.15, 0.2) is 6.61 Å². The lowest BCUT2D eigenvalue weighted by molar-refractivity contribution is 0.0476. The molecule has 1 aromatic carbocycles. The van der Waals surface area contributed by atoms with Crippen LogP contribution in [0.15, 0.2) is 46.3 Å². The Morgan fingerprint density at radius 1 is 1.17 bits per heavy atom. The normalized spacial score (nSPS) is 10.1. The summed E-state index contributed by atoms with van der Waals surface area (Å²) in [7, 11) is 0. The van der Waals surface area contributed by atoms with Crippen LogP contribution in [0, 0.1) is 0 Å². The second kappa shape index (κ2) is 5.93. The molecular weight excluding hydrogens is 316 g/mol. The molecule has 0 aliphatic carbocycles. The van der Waals surface area contributed by atoms with Crippen LogP contribution < -0.4 is 0 Å². The van der Waals surface area contributed by atoms with Crippen molar-refractivity contribution in [3.8, 4) is 0 Å². The van der Waals surface area contributed by atoms with E-state index >= 15 is 0 Å². The number of ketones is 1. The van der Waals surface area contributed by atoms with Gasteiger partial charge >= 0.3 is 5.97 Å². The van der Waals surface area contributed by atoms with Crippen LogP contribution in [-0.4, -0.2) is 18.4 Å². The summed E-state index contributed by atoms with van der Waals surface area (Å²) >= 11 is 4.61. The predicted molar refractivity (Wildman–Crippen MR) is 73.1 cm³/mol. The van der Waals surface area contributed by atoms with E-state index in [1.807, 2.05) is 5.38 Å². The van der Waals surface area contributed by atoms with Gasteiger partial charge in [0.1, 0.15) is 0 Å². The molecule has 0 fully saturated rings. The summed E-state index contributed by atoms with van der Waals surface area (Å²) in [6.45, 7) is -0.227. The molecule has 5 heteroatoms. The number of ether oxygens (including phenoxy) is 1. The fourth-order valence-corrected chi connectivity index (χ4v) is 2.22. The van der Waals surface area contributed by atoms with Crippen molar-refractivity contribution in [3.05, 3.63) is 56.7 Å². The van der Waals surface area contributed by atoms with E-state index in [0.29, 0.717) is 10.4 Å². The molecule has 18 heavy (non-hydrogen) atoms. The van der Waals surface area contributed by atoms with Crippen molar-refractivity contribution in [2.24, 2.45) is 0 Å². The van der Waals surface area contributed by atoms with Crippen LogP contribution in [0.5, 0.6) is 0 Å². The van der Waals surface area contributed by atoms with Crippen LogP contribution in [0.2, 0.25) is 0 Å². The van der Waals surface area contributed by atoms with Gasteiger partial charge in [0.25, 0.3) is 0 Å². The molecule has 2 rings (SSSR count). The molecular formula is C13H9BrO3S. The van der Waals surface area contributed by atoms with Gasteiger partial charge in [-0.2, -0.15) is 0 Å². The third-order valence-electron chi connectivity index (χ3n) is 2.21. The molecule has 0 amide bonds. The minimum Gasteiger partial charge on any atom is -0.454 e. The fraction of sp³-hybridized carbons (Fsp3) is 0.0769. The van der Waals surface area contributed by atoms with Crippen molar-refractivity contribution in [3.63, 3.8) is 0 Å². The summed E-state index contributed by atoms with van der Waals surface area (Å²) in [4.78, 5) is 23.9. The molecule has 0 aliphatic rings. The number of hydrogen-bond donors (Lipinski definition) is 0. The molecule has 0 radical (unpaired) electrons. The second-order valence-corrected chi connectivity index (χ2v) is 5.35. The van der Waals surface area contributed by atoms with E-state index in [2.05, 4.69) is 15.9 Å². The van der Waals surface area contributed by atoms with E-state index in [1.54, 1.807) is 36.4 Å². The maximum atomic E-state index is 11.6. The van der Waals surface area contributed by atoms with E-state index in [9.17, 15) is 9.59 Å². The summed E-state index contributed by atoms with van der Waals surface area (Å²) in [5.74, 6) is -0.678. The highest BCUT2D eigenvalue weighted by Gasteiger charge is 2.12. The molecule has 1 aromatic heterocycles. The zero-order chi connectivity index (χ0) is 13.0. The predicted octanol–water partition coefficient (Wildman–Crippen LogP) is 3.55. The number of rotatable bonds is 4. The van der Waals surface area contributed by atoms with Gasteiger partial charge in [-0.05, 0) is 35.7 Å². The summed E-state index contributed by atoms with van der Waals surface area (Å²) < 4.78 is 5.84. The number of esters is 1. The molecule has 0 bridgehead atoms. The standard InChI is InChI=1S/C13H9BrO3S/c14-10-5-3-9(4-6-10)13(16)17-8-11(15)12-2-1-7-18-12/h1-7H,8H2. The van der Waals surface area contributed by atoms with E-state index in [0.717, 1.165) is 4.47 Å². The minimum atomic E-state index is -0.493. The highest BCUT2D eigenvalue weighted by molar-refractivity contribution is 9.10. The van der Waals surface area contributed by atoms with Crippen molar-refractivity contribution in [1.29, 1.82) is 0 Å². The molecule has 3 nitrogen and oxygen atoms in total. The van der Waals surface area contributed by atoms with Crippen molar-refractivity contribution in [2.75, 3.05) is 6.61 Å². The lowest BCUT2D eigenvalue weighted by atomic mass is 10.2. The first-order valence-electron chi connectivity index (χ1n) is 5.16. The first-order chi connectivity index (χ1) is 8.66. The molecule has 0 saturated heterocycles. The molecule has 0 aliphatic heterocycles. The number of thiophene rings is 1. The zero-order valence-corrected chi connectivity index (χ0v) is 11.7. The van der Waals surface area contributed by atoms with Crippen molar-refractivity contribution < 1.29 is 14.3 Å². The molecule has 0 unspecified atom stereocenters. The minimum absolute atomic E-state index is 0.185. The van der Waals surface area contributed by atoms with Crippen LogP contribution >= 0.6 is 27.3 Å². The Labute approximate surface area is 117 Å². The van der Waals surface area contributed by atoms with Gasteiger partial charge < -0.3 is 4.74 Å². The fourth-order valence-electron chi connectivity index (χ4n) is 1.31. The maximum Gasteiger partial charge on any atom is 0.338 e. The van der Waals surface area contributed by atoms with Gasteiger partial charge in [-0.25, -0.2) is 4.79 Å². The lowest BCUT2D eigenvalue weighted by Crippen LogP contribution is -2.13. The van der Waals surface area contributed by atoms with Crippen LogP contribution in [0.25, 0.3) is 0 Å². The number of carbonyl (C=O) groups excluding carboxylic acids is 2. The third kappa shape index (κ3) is 3.27. The second-order valence-electron chi connectivity index (χ2n) is 3.48. The average molecular weight is 325 g/mol. The molecule has 92 valence electrons. The average Bonchev–Trinajstić information content (AvgIpc) is 2.90. The van der Waals surface area contributed by atoms with E-state index < -0.39 is 5.97 Å². The van der Waals surface area contributed by atoms with Gasteiger partial charge in [0.2, 0.25) is 5.78 Å². The van der Waals surface area contributed by atoms with Crippen LogP contribution in [-0.2, 0) is 4.74 Å². The molecule has 0 N–H and O–H groups in total. The van der Waals surface area contributed by atoms with Crippen molar-refractivity contribution >= 4 is 39.0 Å². The molecule has 0 saturated carbocycles. The summed E-state index contributed by atoms with van der Waals surface area (Å²) in [6.07, 6.45) is 0. The zero-order valence-electron chi connectivity index (χ0n) is 9.26. The monoisotopic (exact) mass is 324 g/mol. The van der Waals surface area contributed by atoms with Crippen LogP contribution in [0.1, 0.15) is 20.0 Å². The lowest BCUT2D eigenvalue weighted by Gasteiger charge is -2.03. The molecule has 0 atom stereocenters. The Morgan fingerprint density at radius 2 is 1.89 bits per heavy atom. The Balaban J connectivity index is 1.92. The van der Waals surface area contributed by atoms with Gasteiger partial charge in [-0.15, -0.1) is 11.3 Å². The van der Waals surface area contributed by atoms with Crippen LogP contribution in [0.3, 0.4) is 0 Å². The van der Waals surface area contributed by atoms with Crippen molar-refractivity contribution in [1.82, 2.24) is 0 Å². The summed E-state index contributed by atoms with van der Waals surface area (Å²) in [5.41, 5.74) is 0.428. The highest BCUT2D eigenvalue weighted by atomic mass is 79.9. The summed E-state index contributed by atoms with van der Waals surface area (Å²) in [5, 5.41) is 1.81. The van der Waals surface area contributed by atoms with E-state index in [4.69, 9.17) is 4.74 Å². The van der Waals surface area contributed by atoms with E-state index in [1.165, 1.54) is 11.3 Å². The number of carbonyl (C=O) groups is 2. The topological polar surface area (TPSA) is 43.4 Å². The SMILES string of the molecule is O=C(OCC(=O)c1cccs1)c1ccc(Br)cc1. The largest absolute Gasteiger partial charge is 0.454 e. The molecule has 0 spiro atoms. The van der Waals surface area contributed by atoms with Gasteiger partial charge in [-0.3, -0.25) is 4.79 Å². The first-order valence-corrected chi connectivity index (χ1v) is 6.83. The van der Waals surface area contributed by atoms with Crippen molar-refractivity contribution in [2.45, 2.75) is 0 Å². The van der Waals surface area contributed by atoms with Gasteiger partial charge in [0.05, 0.1) is 10.4 Å². The Bertz CT molecular complexity index is 546. The Kier molecular flexibility index (Phi) is 4.28. The number of hydrogen-bond acceptors (Lipinski definition) is 4. The number of halogens is 1. The van der Waals surface area contributed by atoms with Crippen LogP contribution in [0.4, 0.5) is 0 Å². The van der Waals surface area contributed by atoms with E-state index in [-0.39, 0.29) is 12.4 Å². The summed E-state index contributed by atoms with van der Waals surface area (Å²) in [6, 6.07) is 10.3. The number of benzene rings is 1. The Morgan fingerprint density at radius 3 is 2.50 bits per heavy atom.